The minimum Gasteiger partial charge on any atom is -0.496 e. The van der Waals surface area contributed by atoms with Crippen LogP contribution in [-0.2, 0) is 0 Å². The first-order valence-corrected chi connectivity index (χ1v) is 6.89. The Bertz CT molecular complexity index is 707. The average Bonchev–Trinajstić information content (AvgIpc) is 2.46. The molecule has 22 heavy (non-hydrogen) atoms. The van der Waals surface area contributed by atoms with Crippen LogP contribution in [-0.4, -0.2) is 13.0 Å². The molecule has 0 saturated heterocycles. The van der Waals surface area contributed by atoms with Crippen molar-refractivity contribution in [1.29, 1.82) is 0 Å². The van der Waals surface area contributed by atoms with Gasteiger partial charge in [0.15, 0.2) is 0 Å². The highest BCUT2D eigenvalue weighted by atomic mass is 35.5. The Morgan fingerprint density at radius 3 is 2.59 bits per heavy atom. The molecular formula is C16H14ClF2NO2. The monoisotopic (exact) mass is 325 g/mol. The van der Waals surface area contributed by atoms with E-state index in [9.17, 15) is 13.6 Å². The number of amides is 1. The zero-order valence-electron chi connectivity index (χ0n) is 12.0. The number of hydrogen-bond donors (Lipinski definition) is 1. The van der Waals surface area contributed by atoms with E-state index in [1.165, 1.54) is 19.2 Å². The van der Waals surface area contributed by atoms with Gasteiger partial charge in [0.05, 0.1) is 18.7 Å². The van der Waals surface area contributed by atoms with Crippen molar-refractivity contribution in [2.45, 2.75) is 13.0 Å². The van der Waals surface area contributed by atoms with Gasteiger partial charge < -0.3 is 10.1 Å². The van der Waals surface area contributed by atoms with Crippen LogP contribution in [0.2, 0.25) is 5.02 Å². The minimum atomic E-state index is -0.717. The molecular weight excluding hydrogens is 312 g/mol. The lowest BCUT2D eigenvalue weighted by Gasteiger charge is -2.16. The quantitative estimate of drug-likeness (QED) is 0.918. The number of carbonyl (C=O) groups is 1. The molecule has 116 valence electrons. The highest BCUT2D eigenvalue weighted by Crippen LogP contribution is 2.24. The number of nitrogens with one attached hydrogen (secondary N) is 1. The van der Waals surface area contributed by atoms with Gasteiger partial charge in [0.25, 0.3) is 5.91 Å². The Hall–Kier alpha value is -2.14. The number of ether oxygens (including phenoxy) is 1. The number of methoxy groups -OCH3 is 1. The van der Waals surface area contributed by atoms with Crippen LogP contribution in [0.4, 0.5) is 8.78 Å². The summed E-state index contributed by atoms with van der Waals surface area (Å²) in [7, 11) is 1.43. The van der Waals surface area contributed by atoms with Gasteiger partial charge in [0.2, 0.25) is 0 Å². The third-order valence-electron chi connectivity index (χ3n) is 3.18. The molecule has 0 aliphatic carbocycles. The second-order valence-corrected chi connectivity index (χ2v) is 5.14. The van der Waals surface area contributed by atoms with Crippen LogP contribution >= 0.6 is 11.6 Å². The molecule has 1 atom stereocenters. The molecule has 1 amide bonds. The maximum atomic E-state index is 13.7. The van der Waals surface area contributed by atoms with Gasteiger partial charge >= 0.3 is 0 Å². The van der Waals surface area contributed by atoms with E-state index in [0.29, 0.717) is 10.8 Å². The van der Waals surface area contributed by atoms with Crippen molar-refractivity contribution >= 4 is 17.5 Å². The molecule has 0 aliphatic rings. The van der Waals surface area contributed by atoms with Crippen molar-refractivity contribution in [2.75, 3.05) is 7.11 Å². The van der Waals surface area contributed by atoms with E-state index in [0.717, 1.165) is 12.1 Å². The molecule has 0 heterocycles. The fraction of sp³-hybridized carbons (Fsp3) is 0.188. The molecule has 6 heteroatoms. The maximum Gasteiger partial charge on any atom is 0.255 e. The second kappa shape index (κ2) is 6.75. The Morgan fingerprint density at radius 1 is 1.23 bits per heavy atom. The van der Waals surface area contributed by atoms with Crippen molar-refractivity contribution < 1.29 is 18.3 Å². The predicted molar refractivity (Wildman–Crippen MR) is 80.2 cm³/mol. The Kier molecular flexibility index (Phi) is 4.98. The van der Waals surface area contributed by atoms with Gasteiger partial charge in [-0.2, -0.15) is 0 Å². The van der Waals surface area contributed by atoms with Crippen LogP contribution in [0.3, 0.4) is 0 Å². The number of halogens is 3. The standard InChI is InChI=1S/C16H14ClF2NO2/c1-9(12-5-4-11(18)8-14(12)19)20-16(21)13-7-10(17)3-6-15(13)22-2/h3-9H,1-2H3,(H,20,21). The van der Waals surface area contributed by atoms with Gasteiger partial charge in [-0.3, -0.25) is 4.79 Å². The van der Waals surface area contributed by atoms with Gasteiger partial charge in [-0.25, -0.2) is 8.78 Å². The smallest absolute Gasteiger partial charge is 0.255 e. The van der Waals surface area contributed by atoms with Crippen LogP contribution in [0.5, 0.6) is 5.75 Å². The largest absolute Gasteiger partial charge is 0.496 e. The van der Waals surface area contributed by atoms with E-state index < -0.39 is 23.6 Å². The van der Waals surface area contributed by atoms with Crippen LogP contribution in [0, 0.1) is 11.6 Å². The number of hydrogen-bond acceptors (Lipinski definition) is 2. The Labute approximate surface area is 131 Å². The highest BCUT2D eigenvalue weighted by Gasteiger charge is 2.18. The summed E-state index contributed by atoms with van der Waals surface area (Å²) < 4.78 is 31.8. The molecule has 0 saturated carbocycles. The van der Waals surface area contributed by atoms with Crippen molar-refractivity contribution in [2.24, 2.45) is 0 Å². The summed E-state index contributed by atoms with van der Waals surface area (Å²) in [6, 6.07) is 7.20. The van der Waals surface area contributed by atoms with E-state index in [-0.39, 0.29) is 11.1 Å². The zero-order chi connectivity index (χ0) is 16.3. The highest BCUT2D eigenvalue weighted by molar-refractivity contribution is 6.31. The van der Waals surface area contributed by atoms with Gasteiger partial charge in [-0.15, -0.1) is 0 Å². The lowest BCUT2D eigenvalue weighted by atomic mass is 10.1. The SMILES string of the molecule is COc1ccc(Cl)cc1C(=O)NC(C)c1ccc(F)cc1F. The lowest BCUT2D eigenvalue weighted by molar-refractivity contribution is 0.0936. The van der Waals surface area contributed by atoms with Gasteiger partial charge in [0, 0.05) is 16.7 Å². The van der Waals surface area contributed by atoms with Crippen molar-refractivity contribution in [1.82, 2.24) is 5.32 Å². The molecule has 0 aliphatic heterocycles. The number of carbonyl (C=O) groups excluding carboxylic acids is 1. The van der Waals surface area contributed by atoms with E-state index in [1.807, 2.05) is 0 Å². The Balaban J connectivity index is 2.23. The van der Waals surface area contributed by atoms with Gasteiger partial charge in [-0.1, -0.05) is 17.7 Å². The summed E-state index contributed by atoms with van der Waals surface area (Å²) in [5.74, 6) is -1.49. The molecule has 0 fully saturated rings. The van der Waals surface area contributed by atoms with Crippen LogP contribution in [0.1, 0.15) is 28.9 Å². The summed E-state index contributed by atoms with van der Waals surface area (Å²) >= 11 is 5.88. The van der Waals surface area contributed by atoms with E-state index in [1.54, 1.807) is 19.1 Å². The molecule has 2 aromatic rings. The van der Waals surface area contributed by atoms with Crippen LogP contribution in [0.25, 0.3) is 0 Å². The summed E-state index contributed by atoms with van der Waals surface area (Å²) in [5.41, 5.74) is 0.431. The molecule has 0 bridgehead atoms. The normalized spacial score (nSPS) is 11.9. The molecule has 2 aromatic carbocycles. The van der Waals surface area contributed by atoms with Crippen molar-refractivity contribution in [3.05, 3.63) is 64.2 Å². The summed E-state index contributed by atoms with van der Waals surface area (Å²) in [6.45, 7) is 1.60. The Morgan fingerprint density at radius 2 is 1.95 bits per heavy atom. The average molecular weight is 326 g/mol. The zero-order valence-corrected chi connectivity index (χ0v) is 12.7. The van der Waals surface area contributed by atoms with E-state index in [4.69, 9.17) is 16.3 Å². The third-order valence-corrected chi connectivity index (χ3v) is 3.42. The molecule has 0 spiro atoms. The predicted octanol–water partition coefficient (Wildman–Crippen LogP) is 4.12. The van der Waals surface area contributed by atoms with Crippen LogP contribution < -0.4 is 10.1 Å². The van der Waals surface area contributed by atoms with E-state index in [2.05, 4.69) is 5.32 Å². The fourth-order valence-corrected chi connectivity index (χ4v) is 2.23. The first-order valence-electron chi connectivity index (χ1n) is 6.51. The molecule has 3 nitrogen and oxygen atoms in total. The number of rotatable bonds is 4. The fourth-order valence-electron chi connectivity index (χ4n) is 2.06. The molecule has 2 rings (SSSR count). The summed E-state index contributed by atoms with van der Waals surface area (Å²) in [6.07, 6.45) is 0. The minimum absolute atomic E-state index is 0.191. The summed E-state index contributed by atoms with van der Waals surface area (Å²) in [4.78, 5) is 12.3. The third kappa shape index (κ3) is 3.54. The molecule has 1 unspecified atom stereocenters. The van der Waals surface area contributed by atoms with Crippen LogP contribution in [0.15, 0.2) is 36.4 Å². The van der Waals surface area contributed by atoms with Crippen molar-refractivity contribution in [3.8, 4) is 5.75 Å². The lowest BCUT2D eigenvalue weighted by Crippen LogP contribution is -2.27. The number of benzene rings is 2. The van der Waals surface area contributed by atoms with E-state index >= 15 is 0 Å². The van der Waals surface area contributed by atoms with Crippen molar-refractivity contribution in [3.63, 3.8) is 0 Å². The second-order valence-electron chi connectivity index (χ2n) is 4.71. The molecule has 1 N–H and O–H groups in total. The first-order chi connectivity index (χ1) is 10.4. The summed E-state index contributed by atoms with van der Waals surface area (Å²) in [5, 5.41) is 3.02. The molecule has 0 radical (unpaired) electrons. The first kappa shape index (κ1) is 16.2. The topological polar surface area (TPSA) is 38.3 Å². The molecule has 0 aromatic heterocycles. The van der Waals surface area contributed by atoms with Gasteiger partial charge in [0.1, 0.15) is 17.4 Å². The van der Waals surface area contributed by atoms with Gasteiger partial charge in [-0.05, 0) is 31.2 Å². The maximum absolute atomic E-state index is 13.7.